The van der Waals surface area contributed by atoms with E-state index in [9.17, 15) is 0 Å². The van der Waals surface area contributed by atoms with E-state index >= 15 is 0 Å². The van der Waals surface area contributed by atoms with Gasteiger partial charge in [-0.25, -0.2) is 0 Å². The highest BCUT2D eigenvalue weighted by molar-refractivity contribution is 5.32. The van der Waals surface area contributed by atoms with E-state index in [1.807, 2.05) is 24.3 Å². The second-order valence-corrected chi connectivity index (χ2v) is 4.56. The molecule has 1 heterocycles. The zero-order valence-corrected chi connectivity index (χ0v) is 12.1. The van der Waals surface area contributed by atoms with Crippen molar-refractivity contribution >= 4 is 0 Å². The van der Waals surface area contributed by atoms with E-state index < -0.39 is 0 Å². The minimum absolute atomic E-state index is 0.193. The monoisotopic (exact) mass is 274 g/mol. The summed E-state index contributed by atoms with van der Waals surface area (Å²) in [6.07, 6.45) is 0. The lowest BCUT2D eigenvalue weighted by molar-refractivity contribution is 0.348. The second-order valence-electron chi connectivity index (χ2n) is 4.56. The van der Waals surface area contributed by atoms with Gasteiger partial charge in [-0.1, -0.05) is 26.0 Å². The molecule has 0 aliphatic rings. The molecule has 0 saturated heterocycles. The van der Waals surface area contributed by atoms with Crippen molar-refractivity contribution in [2.75, 3.05) is 14.2 Å². The van der Waals surface area contributed by atoms with Crippen molar-refractivity contribution in [3.8, 4) is 23.5 Å². The zero-order valence-electron chi connectivity index (χ0n) is 12.1. The van der Waals surface area contributed by atoms with Crippen molar-refractivity contribution < 1.29 is 14.2 Å². The highest BCUT2D eigenvalue weighted by atomic mass is 16.5. The number of benzene rings is 1. The van der Waals surface area contributed by atoms with Crippen LogP contribution >= 0.6 is 0 Å². The number of aromatic nitrogens is 2. The molecule has 2 aromatic rings. The lowest BCUT2D eigenvalue weighted by Crippen LogP contribution is -1.98. The summed E-state index contributed by atoms with van der Waals surface area (Å²) >= 11 is 0. The molecule has 0 N–H and O–H groups in total. The normalized spacial score (nSPS) is 10.4. The van der Waals surface area contributed by atoms with Crippen LogP contribution in [0.4, 0.5) is 0 Å². The van der Waals surface area contributed by atoms with E-state index in [-0.39, 0.29) is 6.01 Å². The number of ether oxygens (including phenoxy) is 3. The van der Waals surface area contributed by atoms with Crippen LogP contribution in [0.2, 0.25) is 0 Å². The highest BCUT2D eigenvalue weighted by Crippen LogP contribution is 2.25. The molecule has 0 unspecified atom stereocenters. The van der Waals surface area contributed by atoms with Gasteiger partial charge in [-0.2, -0.15) is 9.97 Å². The second kappa shape index (κ2) is 6.23. The summed E-state index contributed by atoms with van der Waals surface area (Å²) in [4.78, 5) is 8.23. The van der Waals surface area contributed by atoms with Crippen LogP contribution in [-0.4, -0.2) is 24.2 Å². The maximum absolute atomic E-state index is 5.62. The molecule has 0 amide bonds. The molecule has 5 nitrogen and oxygen atoms in total. The SMILES string of the molecule is COc1cc(OC)nc(Oc2ccc(C(C)C)cc2)n1. The third-order valence-corrected chi connectivity index (χ3v) is 2.83. The van der Waals surface area contributed by atoms with Gasteiger partial charge in [0.15, 0.2) is 0 Å². The lowest BCUT2D eigenvalue weighted by atomic mass is 10.0. The molecule has 0 fully saturated rings. The largest absolute Gasteiger partial charge is 0.481 e. The summed E-state index contributed by atoms with van der Waals surface area (Å²) in [7, 11) is 3.06. The van der Waals surface area contributed by atoms with Crippen molar-refractivity contribution in [3.63, 3.8) is 0 Å². The molecule has 0 aliphatic heterocycles. The van der Waals surface area contributed by atoms with E-state index in [4.69, 9.17) is 14.2 Å². The zero-order chi connectivity index (χ0) is 14.5. The first-order valence-corrected chi connectivity index (χ1v) is 6.37. The Balaban J connectivity index is 2.20. The fourth-order valence-electron chi connectivity index (χ4n) is 1.66. The van der Waals surface area contributed by atoms with E-state index in [0.29, 0.717) is 23.4 Å². The van der Waals surface area contributed by atoms with E-state index in [0.717, 1.165) is 0 Å². The summed E-state index contributed by atoms with van der Waals surface area (Å²) in [5, 5.41) is 0. The van der Waals surface area contributed by atoms with Crippen LogP contribution in [0.3, 0.4) is 0 Å². The van der Waals surface area contributed by atoms with Crippen LogP contribution < -0.4 is 14.2 Å². The summed E-state index contributed by atoms with van der Waals surface area (Å²) in [6.45, 7) is 4.29. The molecular weight excluding hydrogens is 256 g/mol. The summed E-state index contributed by atoms with van der Waals surface area (Å²) in [5.41, 5.74) is 1.25. The molecule has 0 atom stereocenters. The van der Waals surface area contributed by atoms with Crippen molar-refractivity contribution in [1.29, 1.82) is 0 Å². The number of methoxy groups -OCH3 is 2. The minimum Gasteiger partial charge on any atom is -0.481 e. The average Bonchev–Trinajstić information content (AvgIpc) is 2.47. The average molecular weight is 274 g/mol. The summed E-state index contributed by atoms with van der Waals surface area (Å²) < 4.78 is 15.8. The van der Waals surface area contributed by atoms with Crippen molar-refractivity contribution in [2.24, 2.45) is 0 Å². The number of rotatable bonds is 5. The Labute approximate surface area is 118 Å². The first kappa shape index (κ1) is 14.1. The van der Waals surface area contributed by atoms with E-state index in [1.54, 1.807) is 6.07 Å². The van der Waals surface area contributed by atoms with Crippen LogP contribution in [0.5, 0.6) is 23.5 Å². The Kier molecular flexibility index (Phi) is 4.40. The number of nitrogens with zero attached hydrogens (tertiary/aromatic N) is 2. The minimum atomic E-state index is 0.193. The Morgan fingerprint density at radius 1 is 0.900 bits per heavy atom. The maximum Gasteiger partial charge on any atom is 0.328 e. The van der Waals surface area contributed by atoms with Gasteiger partial charge >= 0.3 is 6.01 Å². The van der Waals surface area contributed by atoms with Crippen LogP contribution in [0.25, 0.3) is 0 Å². The van der Waals surface area contributed by atoms with Gasteiger partial charge in [-0.3, -0.25) is 0 Å². The topological polar surface area (TPSA) is 53.5 Å². The molecule has 0 radical (unpaired) electrons. The summed E-state index contributed by atoms with van der Waals surface area (Å²) in [6, 6.07) is 9.62. The van der Waals surface area contributed by atoms with Gasteiger partial charge in [0.25, 0.3) is 0 Å². The van der Waals surface area contributed by atoms with E-state index in [1.165, 1.54) is 19.8 Å². The van der Waals surface area contributed by atoms with Gasteiger partial charge in [0.05, 0.1) is 20.3 Å². The van der Waals surface area contributed by atoms with E-state index in [2.05, 4.69) is 23.8 Å². The molecular formula is C15H18N2O3. The first-order chi connectivity index (χ1) is 9.62. The maximum atomic E-state index is 5.62. The molecule has 1 aromatic carbocycles. The molecule has 0 aliphatic carbocycles. The lowest BCUT2D eigenvalue weighted by Gasteiger charge is -2.09. The quantitative estimate of drug-likeness (QED) is 0.836. The van der Waals surface area contributed by atoms with Crippen LogP contribution in [0, 0.1) is 0 Å². The molecule has 0 bridgehead atoms. The molecule has 0 spiro atoms. The van der Waals surface area contributed by atoms with Crippen LogP contribution in [-0.2, 0) is 0 Å². The standard InChI is InChI=1S/C15H18N2O3/c1-10(2)11-5-7-12(8-6-11)20-15-16-13(18-3)9-14(17-15)19-4/h5-10H,1-4H3. The number of hydrogen-bond acceptors (Lipinski definition) is 5. The number of hydrogen-bond donors (Lipinski definition) is 0. The molecule has 1 aromatic heterocycles. The molecule has 0 saturated carbocycles. The third-order valence-electron chi connectivity index (χ3n) is 2.83. The Morgan fingerprint density at radius 3 is 1.90 bits per heavy atom. The van der Waals surface area contributed by atoms with Crippen molar-refractivity contribution in [1.82, 2.24) is 9.97 Å². The predicted molar refractivity (Wildman–Crippen MR) is 75.7 cm³/mol. The van der Waals surface area contributed by atoms with Gasteiger partial charge in [-0.05, 0) is 23.6 Å². The Morgan fingerprint density at radius 2 is 1.45 bits per heavy atom. The Bertz CT molecular complexity index is 546. The predicted octanol–water partition coefficient (Wildman–Crippen LogP) is 3.41. The Hall–Kier alpha value is -2.30. The smallest absolute Gasteiger partial charge is 0.328 e. The summed E-state index contributed by atoms with van der Waals surface area (Å²) in [5.74, 6) is 1.94. The highest BCUT2D eigenvalue weighted by Gasteiger charge is 2.08. The van der Waals surface area contributed by atoms with Gasteiger partial charge in [0, 0.05) is 0 Å². The molecule has 106 valence electrons. The van der Waals surface area contributed by atoms with Gasteiger partial charge in [0.1, 0.15) is 5.75 Å². The van der Waals surface area contributed by atoms with Crippen LogP contribution in [0.1, 0.15) is 25.3 Å². The van der Waals surface area contributed by atoms with Gasteiger partial charge in [-0.15, -0.1) is 0 Å². The molecule has 5 heteroatoms. The van der Waals surface area contributed by atoms with Gasteiger partial charge < -0.3 is 14.2 Å². The van der Waals surface area contributed by atoms with Gasteiger partial charge in [0.2, 0.25) is 11.8 Å². The fraction of sp³-hybridized carbons (Fsp3) is 0.333. The van der Waals surface area contributed by atoms with Crippen molar-refractivity contribution in [3.05, 3.63) is 35.9 Å². The van der Waals surface area contributed by atoms with Crippen LogP contribution in [0.15, 0.2) is 30.3 Å². The third kappa shape index (κ3) is 3.38. The first-order valence-electron chi connectivity index (χ1n) is 6.37. The van der Waals surface area contributed by atoms with Crippen molar-refractivity contribution in [2.45, 2.75) is 19.8 Å². The molecule has 20 heavy (non-hydrogen) atoms. The molecule has 2 rings (SSSR count). The fourth-order valence-corrected chi connectivity index (χ4v) is 1.66.